The smallest absolute Gasteiger partial charge is 0.167 e. The largest absolute Gasteiger partial charge is 0.455 e. The van der Waals surface area contributed by atoms with Crippen LogP contribution in [0.1, 0.15) is 44.1 Å². The Morgan fingerprint density at radius 2 is 0.917 bits per heavy atom. The summed E-state index contributed by atoms with van der Waals surface area (Å²) in [5, 5.41) is 4.25. The summed E-state index contributed by atoms with van der Waals surface area (Å²) in [6, 6.07) is 37.9. The topological polar surface area (TPSA) is 65.0 Å². The molecule has 8 aromatic rings. The van der Waals surface area contributed by atoms with Gasteiger partial charge in [0.25, 0.3) is 0 Å². The minimum absolute atomic E-state index is 0.344. The zero-order valence-electron chi connectivity index (χ0n) is 26.5. The molecule has 0 unspecified atom stereocenters. The second-order valence-corrected chi connectivity index (χ2v) is 14.6. The number of nitrogens with zero attached hydrogens (tertiary/aromatic N) is 3. The molecule has 5 heteroatoms. The maximum Gasteiger partial charge on any atom is 0.167 e. The van der Waals surface area contributed by atoms with E-state index in [0.717, 1.165) is 78.3 Å². The molecule has 0 amide bonds. The van der Waals surface area contributed by atoms with Crippen molar-refractivity contribution in [3.05, 3.63) is 115 Å². The summed E-state index contributed by atoms with van der Waals surface area (Å²) in [4.78, 5) is 15.4. The van der Waals surface area contributed by atoms with Crippen molar-refractivity contribution >= 4 is 43.9 Å². The van der Waals surface area contributed by atoms with Gasteiger partial charge in [0.05, 0.1) is 11.1 Å². The summed E-state index contributed by atoms with van der Waals surface area (Å²) in [6.45, 7) is 0. The number of para-hydroxylation sites is 4. The van der Waals surface area contributed by atoms with Crippen molar-refractivity contribution in [2.24, 2.45) is 17.8 Å². The molecule has 4 fully saturated rings. The molecule has 0 radical (unpaired) electrons. The monoisotopic (exact) mass is 623 g/mol. The quantitative estimate of drug-likeness (QED) is 0.195. The maximum absolute atomic E-state index is 6.45. The first-order chi connectivity index (χ1) is 23.7. The van der Waals surface area contributed by atoms with Crippen molar-refractivity contribution in [3.63, 3.8) is 0 Å². The lowest BCUT2D eigenvalue weighted by Crippen LogP contribution is -2.48. The normalized spacial score (nSPS) is 23.2. The van der Waals surface area contributed by atoms with Crippen LogP contribution in [0.3, 0.4) is 0 Å². The number of aromatic nitrogens is 3. The van der Waals surface area contributed by atoms with Crippen molar-refractivity contribution in [3.8, 4) is 34.2 Å². The highest BCUT2D eigenvalue weighted by Crippen LogP contribution is 2.60. The van der Waals surface area contributed by atoms with E-state index in [4.69, 9.17) is 23.8 Å². The number of furan rings is 2. The van der Waals surface area contributed by atoms with Gasteiger partial charge >= 0.3 is 0 Å². The molecule has 3 heterocycles. The van der Waals surface area contributed by atoms with Crippen molar-refractivity contribution in [1.29, 1.82) is 0 Å². The lowest BCUT2D eigenvalue weighted by atomic mass is 9.48. The number of rotatable bonds is 4. The molecule has 0 N–H and O–H groups in total. The Labute approximate surface area is 277 Å². The highest BCUT2D eigenvalue weighted by Gasteiger charge is 2.51. The molecule has 0 saturated heterocycles. The van der Waals surface area contributed by atoms with E-state index < -0.39 is 0 Å². The van der Waals surface area contributed by atoms with Crippen molar-refractivity contribution in [2.75, 3.05) is 0 Å². The SMILES string of the molecule is c1ccc2c(c1)oc1c(-c3nc(-c4ccc(C56CC7CC(CC(C7)C5)C6)cc4)nc(-c4cccc5c4oc4ccccc45)n3)cccc12. The van der Waals surface area contributed by atoms with Gasteiger partial charge in [0.2, 0.25) is 0 Å². The molecular formula is C43H33N3O2. The summed E-state index contributed by atoms with van der Waals surface area (Å²) in [5.41, 5.74) is 7.77. The van der Waals surface area contributed by atoms with Gasteiger partial charge < -0.3 is 8.83 Å². The van der Waals surface area contributed by atoms with Crippen LogP contribution in [0.4, 0.5) is 0 Å². The predicted octanol–water partition coefficient (Wildman–Crippen LogP) is 11.1. The number of hydrogen-bond acceptors (Lipinski definition) is 5. The Kier molecular flexibility index (Phi) is 5.50. The fraction of sp³-hybridized carbons (Fsp3) is 0.233. The van der Waals surface area contributed by atoms with Crippen LogP contribution in [0, 0.1) is 17.8 Å². The lowest BCUT2D eigenvalue weighted by Gasteiger charge is -2.57. The van der Waals surface area contributed by atoms with Crippen molar-refractivity contribution in [1.82, 2.24) is 15.0 Å². The Bertz CT molecular complexity index is 2390. The summed E-state index contributed by atoms with van der Waals surface area (Å²) in [5.74, 6) is 4.54. The minimum Gasteiger partial charge on any atom is -0.455 e. The van der Waals surface area contributed by atoms with Gasteiger partial charge in [-0.3, -0.25) is 0 Å². The Balaban J connectivity index is 1.10. The maximum atomic E-state index is 6.45. The van der Waals surface area contributed by atoms with Crippen molar-refractivity contribution in [2.45, 2.75) is 43.9 Å². The Morgan fingerprint density at radius 3 is 1.44 bits per heavy atom. The molecular weight excluding hydrogens is 590 g/mol. The molecule has 0 aliphatic heterocycles. The summed E-state index contributed by atoms with van der Waals surface area (Å²) in [7, 11) is 0. The van der Waals surface area contributed by atoms with Gasteiger partial charge in [-0.1, -0.05) is 84.9 Å². The van der Waals surface area contributed by atoms with Crippen LogP contribution in [0.2, 0.25) is 0 Å². The standard InChI is InChI=1S/C43H33N3O2/c1-3-13-36-30(7-1)32-9-5-11-34(38(32)47-36)41-44-40(28-15-17-29(18-16-28)43-22-25-19-26(23-43)21-27(20-25)24-43)45-42(46-41)35-12-6-10-33-31-8-2-4-14-37(31)48-39(33)35/h1-18,25-27H,19-24H2. The van der Waals surface area contributed by atoms with E-state index in [9.17, 15) is 0 Å². The highest BCUT2D eigenvalue weighted by molar-refractivity contribution is 6.10. The first kappa shape index (κ1) is 26.7. The van der Waals surface area contributed by atoms with E-state index in [2.05, 4.69) is 60.7 Å². The van der Waals surface area contributed by atoms with Gasteiger partial charge in [-0.2, -0.15) is 0 Å². The van der Waals surface area contributed by atoms with E-state index >= 15 is 0 Å². The number of fused-ring (bicyclic) bond motifs is 6. The predicted molar refractivity (Wildman–Crippen MR) is 191 cm³/mol. The van der Waals surface area contributed by atoms with E-state index in [-0.39, 0.29) is 0 Å². The molecule has 0 atom stereocenters. The molecule has 0 spiro atoms. The average molecular weight is 624 g/mol. The molecule has 232 valence electrons. The summed E-state index contributed by atoms with van der Waals surface area (Å²) in [6.07, 6.45) is 8.39. The van der Waals surface area contributed by atoms with Crippen LogP contribution in [0.5, 0.6) is 0 Å². The Hall–Kier alpha value is -5.29. The first-order valence-corrected chi connectivity index (χ1v) is 17.4. The lowest BCUT2D eigenvalue weighted by molar-refractivity contribution is -0.00518. The molecule has 3 aromatic heterocycles. The first-order valence-electron chi connectivity index (χ1n) is 17.4. The molecule has 4 saturated carbocycles. The summed E-state index contributed by atoms with van der Waals surface area (Å²) < 4.78 is 12.9. The number of hydrogen-bond donors (Lipinski definition) is 0. The highest BCUT2D eigenvalue weighted by atomic mass is 16.3. The number of benzene rings is 5. The van der Waals surface area contributed by atoms with Crippen LogP contribution in [-0.4, -0.2) is 15.0 Å². The zero-order valence-corrected chi connectivity index (χ0v) is 26.5. The van der Waals surface area contributed by atoms with Crippen LogP contribution in [-0.2, 0) is 5.41 Å². The summed E-state index contributed by atoms with van der Waals surface area (Å²) >= 11 is 0. The second kappa shape index (κ2) is 9.86. The van der Waals surface area contributed by atoms with Gasteiger partial charge in [0, 0.05) is 27.1 Å². The second-order valence-electron chi connectivity index (χ2n) is 14.6. The molecule has 4 bridgehead atoms. The van der Waals surface area contributed by atoms with Crippen LogP contribution in [0.15, 0.2) is 118 Å². The van der Waals surface area contributed by atoms with Crippen LogP contribution in [0.25, 0.3) is 78.0 Å². The Morgan fingerprint density at radius 1 is 0.458 bits per heavy atom. The van der Waals surface area contributed by atoms with E-state index in [1.807, 2.05) is 48.5 Å². The van der Waals surface area contributed by atoms with Gasteiger partial charge in [0.1, 0.15) is 22.3 Å². The van der Waals surface area contributed by atoms with E-state index in [0.29, 0.717) is 22.9 Å². The molecule has 5 aromatic carbocycles. The molecule has 4 aliphatic rings. The van der Waals surface area contributed by atoms with E-state index in [1.165, 1.54) is 44.1 Å². The molecule has 5 nitrogen and oxygen atoms in total. The fourth-order valence-corrected chi connectivity index (χ4v) is 10.0. The zero-order chi connectivity index (χ0) is 31.4. The van der Waals surface area contributed by atoms with Gasteiger partial charge in [-0.15, -0.1) is 0 Å². The third-order valence-corrected chi connectivity index (χ3v) is 11.7. The van der Waals surface area contributed by atoms with E-state index in [1.54, 1.807) is 0 Å². The molecule has 4 aliphatic carbocycles. The fourth-order valence-electron chi connectivity index (χ4n) is 10.0. The van der Waals surface area contributed by atoms with Gasteiger partial charge in [-0.05, 0) is 91.5 Å². The third-order valence-electron chi connectivity index (χ3n) is 11.7. The average Bonchev–Trinajstić information content (AvgIpc) is 3.70. The van der Waals surface area contributed by atoms with Crippen molar-refractivity contribution < 1.29 is 8.83 Å². The van der Waals surface area contributed by atoms with Gasteiger partial charge in [0.15, 0.2) is 17.5 Å². The molecule has 12 rings (SSSR count). The molecule has 48 heavy (non-hydrogen) atoms. The van der Waals surface area contributed by atoms with Gasteiger partial charge in [-0.25, -0.2) is 15.0 Å². The third kappa shape index (κ3) is 3.94. The van der Waals surface area contributed by atoms with Crippen LogP contribution >= 0.6 is 0 Å². The van der Waals surface area contributed by atoms with Crippen LogP contribution < -0.4 is 0 Å². The minimum atomic E-state index is 0.344.